The van der Waals surface area contributed by atoms with Gasteiger partial charge in [0.1, 0.15) is 0 Å². The fourth-order valence-corrected chi connectivity index (χ4v) is 2.24. The van der Waals surface area contributed by atoms with Gasteiger partial charge in [-0.25, -0.2) is 0 Å². The molecule has 2 rings (SSSR count). The third kappa shape index (κ3) is 2.57. The first-order valence-corrected chi connectivity index (χ1v) is 6.17. The van der Waals surface area contributed by atoms with Crippen LogP contribution < -0.4 is 5.32 Å². The zero-order chi connectivity index (χ0) is 14.8. The lowest BCUT2D eigenvalue weighted by Gasteiger charge is -2.33. The molecule has 0 bridgehead atoms. The number of nitro groups is 1. The van der Waals surface area contributed by atoms with Gasteiger partial charge in [-0.2, -0.15) is 0 Å². The van der Waals surface area contributed by atoms with E-state index in [4.69, 9.17) is 4.74 Å². The number of imidazole rings is 1. The summed E-state index contributed by atoms with van der Waals surface area (Å²) >= 11 is 0. The van der Waals surface area contributed by atoms with E-state index in [0.717, 1.165) is 0 Å². The average molecular weight is 284 g/mol. The van der Waals surface area contributed by atoms with Crippen molar-refractivity contribution < 1.29 is 19.6 Å². The summed E-state index contributed by atoms with van der Waals surface area (Å²) in [6, 6.07) is 0. The second-order valence-corrected chi connectivity index (χ2v) is 4.84. The first-order valence-electron chi connectivity index (χ1n) is 6.17. The molecule has 0 atom stereocenters. The maximum absolute atomic E-state index is 11.5. The molecule has 2 heterocycles. The van der Waals surface area contributed by atoms with Crippen LogP contribution in [0.15, 0.2) is 6.33 Å². The predicted octanol–water partition coefficient (Wildman–Crippen LogP) is 0.622. The summed E-state index contributed by atoms with van der Waals surface area (Å²) in [5.74, 6) is -1.01. The topological polar surface area (TPSA) is 120 Å². The SMILES string of the molecule is Cn1cnc([N+](=O)[O-])c1NCC1(C(=O)O)CCOCC1. The molecule has 1 aromatic rings. The second-order valence-electron chi connectivity index (χ2n) is 4.84. The monoisotopic (exact) mass is 284 g/mol. The Bertz CT molecular complexity index is 521. The van der Waals surface area contributed by atoms with E-state index in [1.165, 1.54) is 10.9 Å². The molecule has 1 saturated heterocycles. The standard InChI is InChI=1S/C11H16N4O5/c1-14-7-13-9(15(18)19)8(14)12-6-11(10(16)17)2-4-20-5-3-11/h7,12H,2-6H2,1H3,(H,16,17). The highest BCUT2D eigenvalue weighted by atomic mass is 16.6. The summed E-state index contributed by atoms with van der Waals surface area (Å²) in [6.07, 6.45) is 2.07. The summed E-state index contributed by atoms with van der Waals surface area (Å²) in [5, 5.41) is 23.1. The highest BCUT2D eigenvalue weighted by molar-refractivity contribution is 5.75. The largest absolute Gasteiger partial charge is 0.481 e. The first kappa shape index (κ1) is 14.3. The van der Waals surface area contributed by atoms with E-state index >= 15 is 0 Å². The lowest BCUT2D eigenvalue weighted by atomic mass is 9.80. The van der Waals surface area contributed by atoms with Gasteiger partial charge in [-0.1, -0.05) is 0 Å². The van der Waals surface area contributed by atoms with E-state index in [0.29, 0.717) is 26.1 Å². The quantitative estimate of drug-likeness (QED) is 0.600. The van der Waals surface area contributed by atoms with Crippen molar-refractivity contribution in [2.24, 2.45) is 12.5 Å². The summed E-state index contributed by atoms with van der Waals surface area (Å²) < 4.78 is 6.65. The van der Waals surface area contributed by atoms with Crippen molar-refractivity contribution in [3.63, 3.8) is 0 Å². The average Bonchev–Trinajstić information content (AvgIpc) is 2.79. The van der Waals surface area contributed by atoms with E-state index in [9.17, 15) is 20.0 Å². The molecule has 0 aliphatic carbocycles. The Balaban J connectivity index is 2.16. The number of nitrogens with one attached hydrogen (secondary N) is 1. The summed E-state index contributed by atoms with van der Waals surface area (Å²) in [7, 11) is 1.61. The number of nitrogens with zero attached hydrogens (tertiary/aromatic N) is 3. The van der Waals surface area contributed by atoms with Crippen LogP contribution in [0.3, 0.4) is 0 Å². The van der Waals surface area contributed by atoms with Gasteiger partial charge in [0.05, 0.1) is 5.41 Å². The zero-order valence-corrected chi connectivity index (χ0v) is 11.0. The molecule has 1 aliphatic heterocycles. The molecule has 2 N–H and O–H groups in total. The molecular formula is C11H16N4O5. The number of anilines is 1. The van der Waals surface area contributed by atoms with Crippen LogP contribution in [0.4, 0.5) is 11.6 Å². The van der Waals surface area contributed by atoms with Crippen molar-refractivity contribution in [3.8, 4) is 0 Å². The number of hydrogen-bond donors (Lipinski definition) is 2. The van der Waals surface area contributed by atoms with Gasteiger partial charge in [-0.3, -0.25) is 9.36 Å². The number of aryl methyl sites for hydroxylation is 1. The Morgan fingerprint density at radius 3 is 2.85 bits per heavy atom. The molecule has 0 radical (unpaired) electrons. The van der Waals surface area contributed by atoms with Crippen LogP contribution in [-0.4, -0.2) is 45.3 Å². The van der Waals surface area contributed by atoms with Gasteiger partial charge in [0.25, 0.3) is 0 Å². The molecule has 1 aromatic heterocycles. The highest BCUT2D eigenvalue weighted by Gasteiger charge is 2.40. The Morgan fingerprint density at radius 1 is 1.65 bits per heavy atom. The van der Waals surface area contributed by atoms with Crippen LogP contribution in [0.5, 0.6) is 0 Å². The smallest absolute Gasteiger partial charge is 0.406 e. The minimum Gasteiger partial charge on any atom is -0.481 e. The number of hydrogen-bond acceptors (Lipinski definition) is 6. The molecule has 0 amide bonds. The molecule has 0 unspecified atom stereocenters. The number of aliphatic carboxylic acids is 1. The molecule has 0 aromatic carbocycles. The van der Waals surface area contributed by atoms with Crippen molar-refractivity contribution in [1.29, 1.82) is 0 Å². The fraction of sp³-hybridized carbons (Fsp3) is 0.636. The van der Waals surface area contributed by atoms with Gasteiger partial charge in [-0.05, 0) is 22.7 Å². The number of carbonyl (C=O) groups is 1. The Kier molecular flexibility index (Phi) is 3.89. The molecule has 20 heavy (non-hydrogen) atoms. The summed E-state index contributed by atoms with van der Waals surface area (Å²) in [6.45, 7) is 0.856. The maximum atomic E-state index is 11.5. The number of ether oxygens (including phenoxy) is 1. The fourth-order valence-electron chi connectivity index (χ4n) is 2.24. The molecule has 0 spiro atoms. The van der Waals surface area contributed by atoms with Crippen LogP contribution in [0.1, 0.15) is 12.8 Å². The third-order valence-electron chi connectivity index (χ3n) is 3.59. The van der Waals surface area contributed by atoms with Gasteiger partial charge in [0.2, 0.25) is 12.1 Å². The van der Waals surface area contributed by atoms with Crippen LogP contribution in [0.25, 0.3) is 0 Å². The second kappa shape index (κ2) is 5.45. The molecule has 9 heteroatoms. The normalized spacial score (nSPS) is 17.6. The number of rotatable bonds is 5. The lowest BCUT2D eigenvalue weighted by molar-refractivity contribution is -0.388. The highest BCUT2D eigenvalue weighted by Crippen LogP contribution is 2.32. The lowest BCUT2D eigenvalue weighted by Crippen LogP contribution is -2.42. The number of carboxylic acid groups (broad SMARTS) is 1. The molecule has 1 fully saturated rings. The van der Waals surface area contributed by atoms with Crippen LogP contribution in [0.2, 0.25) is 0 Å². The van der Waals surface area contributed by atoms with Crippen LogP contribution >= 0.6 is 0 Å². The van der Waals surface area contributed by atoms with E-state index in [2.05, 4.69) is 10.3 Å². The van der Waals surface area contributed by atoms with Crippen LogP contribution in [-0.2, 0) is 16.6 Å². The third-order valence-corrected chi connectivity index (χ3v) is 3.59. The van der Waals surface area contributed by atoms with Crippen LogP contribution in [0, 0.1) is 15.5 Å². The Hall–Kier alpha value is -2.16. The van der Waals surface area contributed by atoms with Gasteiger partial charge in [0.15, 0.2) is 0 Å². The van der Waals surface area contributed by atoms with Crippen molar-refractivity contribution in [2.75, 3.05) is 25.1 Å². The zero-order valence-electron chi connectivity index (χ0n) is 11.0. The van der Waals surface area contributed by atoms with E-state index in [1.807, 2.05) is 0 Å². The Morgan fingerprint density at radius 2 is 2.30 bits per heavy atom. The minimum atomic E-state index is -0.962. The molecule has 1 aliphatic rings. The van der Waals surface area contributed by atoms with Gasteiger partial charge in [-0.15, -0.1) is 0 Å². The summed E-state index contributed by atoms with van der Waals surface area (Å²) in [4.78, 5) is 25.4. The minimum absolute atomic E-state index is 0.103. The van der Waals surface area contributed by atoms with Crippen molar-refractivity contribution in [3.05, 3.63) is 16.4 Å². The van der Waals surface area contributed by atoms with E-state index in [-0.39, 0.29) is 18.2 Å². The molecule has 9 nitrogen and oxygen atoms in total. The predicted molar refractivity (Wildman–Crippen MR) is 68.5 cm³/mol. The van der Waals surface area contributed by atoms with Gasteiger partial charge < -0.3 is 25.3 Å². The molecule has 0 saturated carbocycles. The number of carboxylic acids is 1. The van der Waals surface area contributed by atoms with E-state index in [1.54, 1.807) is 7.05 Å². The van der Waals surface area contributed by atoms with Crippen molar-refractivity contribution in [1.82, 2.24) is 9.55 Å². The molecular weight excluding hydrogens is 268 g/mol. The Labute approximate surface area is 114 Å². The van der Waals surface area contributed by atoms with Crippen molar-refractivity contribution >= 4 is 17.6 Å². The molecule has 110 valence electrons. The van der Waals surface area contributed by atoms with E-state index < -0.39 is 16.3 Å². The van der Waals surface area contributed by atoms with Crippen molar-refractivity contribution in [2.45, 2.75) is 12.8 Å². The summed E-state index contributed by atoms with van der Waals surface area (Å²) in [5.41, 5.74) is -0.962. The van der Waals surface area contributed by atoms with Gasteiger partial charge >= 0.3 is 11.8 Å². The van der Waals surface area contributed by atoms with Gasteiger partial charge in [0, 0.05) is 26.8 Å². The maximum Gasteiger partial charge on any atom is 0.406 e. The number of aromatic nitrogens is 2. The first-order chi connectivity index (χ1) is 9.46.